The lowest BCUT2D eigenvalue weighted by Crippen LogP contribution is -2.14. The van der Waals surface area contributed by atoms with Crippen LogP contribution in [0.1, 0.15) is 36.1 Å². The highest BCUT2D eigenvalue weighted by Gasteiger charge is 2.35. The van der Waals surface area contributed by atoms with Gasteiger partial charge in [0.1, 0.15) is 5.58 Å². The van der Waals surface area contributed by atoms with Crippen molar-refractivity contribution in [3.8, 4) is 34.0 Å². The Balaban J connectivity index is 1.39. The summed E-state index contributed by atoms with van der Waals surface area (Å²) in [5.74, 6) is 0. The van der Waals surface area contributed by atoms with Gasteiger partial charge < -0.3 is 8.98 Å². The van der Waals surface area contributed by atoms with E-state index in [1.807, 2.05) is 24.3 Å². The number of benzene rings is 5. The van der Waals surface area contributed by atoms with E-state index in [1.54, 1.807) is 6.26 Å². The first-order chi connectivity index (χ1) is 19.4. The number of aryl methyl sites for hydroxylation is 1. The van der Waals surface area contributed by atoms with Crippen molar-refractivity contribution >= 4 is 32.8 Å². The molecule has 0 radical (unpaired) electrons. The van der Waals surface area contributed by atoms with Crippen LogP contribution in [0.2, 0.25) is 0 Å². The predicted molar refractivity (Wildman–Crippen MR) is 163 cm³/mol. The average Bonchev–Trinajstić information content (AvgIpc) is 3.64. The number of furan rings is 1. The molecule has 0 fully saturated rings. The first kappa shape index (κ1) is 22.9. The van der Waals surface area contributed by atoms with Gasteiger partial charge in [-0.3, -0.25) is 0 Å². The Morgan fingerprint density at radius 3 is 2.48 bits per heavy atom. The second-order valence-corrected chi connectivity index (χ2v) is 11.4. The molecule has 2 heterocycles. The minimum atomic E-state index is -0.0124. The summed E-state index contributed by atoms with van der Waals surface area (Å²) in [6, 6.07) is 36.9. The minimum absolute atomic E-state index is 0.0124. The highest BCUT2D eigenvalue weighted by molar-refractivity contribution is 6.12. The molecule has 1 aliphatic carbocycles. The SMILES string of the molecule is Cc1cc(-c2ccc3c(c2)-c2ccccc2C3(C)C)cc2c3cc(C#N)ccc3n(-c3ccc4occc4c3)c12. The largest absolute Gasteiger partial charge is 0.464 e. The molecule has 0 bridgehead atoms. The third-order valence-electron chi connectivity index (χ3n) is 8.79. The molecule has 190 valence electrons. The fraction of sp³-hybridized carbons (Fsp3) is 0.108. The van der Waals surface area contributed by atoms with Gasteiger partial charge in [-0.2, -0.15) is 5.26 Å². The van der Waals surface area contributed by atoms with Gasteiger partial charge in [-0.1, -0.05) is 50.2 Å². The van der Waals surface area contributed by atoms with Crippen LogP contribution in [-0.4, -0.2) is 4.57 Å². The summed E-state index contributed by atoms with van der Waals surface area (Å²) in [6.07, 6.45) is 1.73. The summed E-state index contributed by atoms with van der Waals surface area (Å²) in [4.78, 5) is 0. The van der Waals surface area contributed by atoms with E-state index >= 15 is 0 Å². The van der Waals surface area contributed by atoms with Crippen LogP contribution in [0.25, 0.3) is 60.7 Å². The smallest absolute Gasteiger partial charge is 0.133 e. The zero-order valence-corrected chi connectivity index (χ0v) is 22.6. The first-order valence-corrected chi connectivity index (χ1v) is 13.7. The molecule has 0 unspecified atom stereocenters. The Bertz CT molecular complexity index is 2220. The zero-order valence-electron chi connectivity index (χ0n) is 22.6. The van der Waals surface area contributed by atoms with E-state index in [1.165, 1.54) is 38.9 Å². The lowest BCUT2D eigenvalue weighted by molar-refractivity contribution is 0.616. The second kappa shape index (κ2) is 7.97. The Labute approximate surface area is 232 Å². The van der Waals surface area contributed by atoms with Gasteiger partial charge in [0, 0.05) is 27.3 Å². The van der Waals surface area contributed by atoms with Gasteiger partial charge in [0.05, 0.1) is 28.9 Å². The summed E-state index contributed by atoms with van der Waals surface area (Å²) >= 11 is 0. The molecule has 8 rings (SSSR count). The average molecular weight is 515 g/mol. The molecule has 0 N–H and O–H groups in total. The van der Waals surface area contributed by atoms with E-state index in [9.17, 15) is 5.26 Å². The predicted octanol–water partition coefficient (Wildman–Crippen LogP) is 9.68. The lowest BCUT2D eigenvalue weighted by atomic mass is 9.82. The Kier molecular flexibility index (Phi) is 4.56. The highest BCUT2D eigenvalue weighted by atomic mass is 16.3. The molecule has 3 heteroatoms. The van der Waals surface area contributed by atoms with Crippen molar-refractivity contribution in [3.63, 3.8) is 0 Å². The van der Waals surface area contributed by atoms with Gasteiger partial charge in [-0.25, -0.2) is 0 Å². The van der Waals surface area contributed by atoms with Crippen molar-refractivity contribution in [1.29, 1.82) is 5.26 Å². The van der Waals surface area contributed by atoms with E-state index in [2.05, 4.69) is 104 Å². The molecular formula is C37H26N2O. The van der Waals surface area contributed by atoms with Crippen LogP contribution in [0.5, 0.6) is 0 Å². The topological polar surface area (TPSA) is 41.9 Å². The van der Waals surface area contributed by atoms with Crippen LogP contribution in [0.15, 0.2) is 108 Å². The Morgan fingerprint density at radius 2 is 1.60 bits per heavy atom. The number of hydrogen-bond donors (Lipinski definition) is 0. The Hall–Kier alpha value is -5.07. The van der Waals surface area contributed by atoms with E-state index in [4.69, 9.17) is 4.42 Å². The molecule has 3 nitrogen and oxygen atoms in total. The second-order valence-electron chi connectivity index (χ2n) is 11.4. The van der Waals surface area contributed by atoms with Crippen molar-refractivity contribution in [1.82, 2.24) is 4.57 Å². The molecule has 40 heavy (non-hydrogen) atoms. The van der Waals surface area contributed by atoms with Gasteiger partial charge in [-0.15, -0.1) is 0 Å². The lowest BCUT2D eigenvalue weighted by Gasteiger charge is -2.21. The van der Waals surface area contributed by atoms with Gasteiger partial charge in [0.25, 0.3) is 0 Å². The molecule has 1 aliphatic rings. The van der Waals surface area contributed by atoms with Crippen molar-refractivity contribution in [2.75, 3.05) is 0 Å². The minimum Gasteiger partial charge on any atom is -0.464 e. The molecule has 0 aliphatic heterocycles. The van der Waals surface area contributed by atoms with E-state index in [-0.39, 0.29) is 5.41 Å². The number of hydrogen-bond acceptors (Lipinski definition) is 2. The van der Waals surface area contributed by atoms with Crippen LogP contribution >= 0.6 is 0 Å². The first-order valence-electron chi connectivity index (χ1n) is 13.7. The molecule has 0 saturated carbocycles. The van der Waals surface area contributed by atoms with Crippen molar-refractivity contribution < 1.29 is 4.42 Å². The summed E-state index contributed by atoms with van der Waals surface area (Å²) in [5, 5.41) is 13.0. The molecule has 2 aromatic heterocycles. The highest BCUT2D eigenvalue weighted by Crippen LogP contribution is 2.49. The molecule has 7 aromatic rings. The number of nitrogens with zero attached hydrogens (tertiary/aromatic N) is 2. The maximum Gasteiger partial charge on any atom is 0.133 e. The van der Waals surface area contributed by atoms with Crippen LogP contribution in [0, 0.1) is 18.3 Å². The normalized spacial score (nSPS) is 13.6. The van der Waals surface area contributed by atoms with Crippen LogP contribution in [-0.2, 0) is 5.41 Å². The van der Waals surface area contributed by atoms with Gasteiger partial charge in [0.2, 0.25) is 0 Å². The van der Waals surface area contributed by atoms with Crippen molar-refractivity contribution in [3.05, 3.63) is 126 Å². The molecule has 0 atom stereocenters. The van der Waals surface area contributed by atoms with Gasteiger partial charge >= 0.3 is 0 Å². The van der Waals surface area contributed by atoms with E-state index in [0.29, 0.717) is 5.56 Å². The van der Waals surface area contributed by atoms with Gasteiger partial charge in [0.15, 0.2) is 0 Å². The van der Waals surface area contributed by atoms with Crippen LogP contribution in [0.3, 0.4) is 0 Å². The van der Waals surface area contributed by atoms with E-state index < -0.39 is 0 Å². The number of rotatable bonds is 2. The van der Waals surface area contributed by atoms with E-state index in [0.717, 1.165) is 38.5 Å². The molecule has 0 spiro atoms. The monoisotopic (exact) mass is 514 g/mol. The summed E-state index contributed by atoms with van der Waals surface area (Å²) in [6.45, 7) is 6.82. The molecule has 0 saturated heterocycles. The van der Waals surface area contributed by atoms with Crippen LogP contribution in [0.4, 0.5) is 0 Å². The zero-order chi connectivity index (χ0) is 27.2. The molecule has 0 amide bonds. The number of nitriles is 1. The summed E-state index contributed by atoms with van der Waals surface area (Å²) in [7, 11) is 0. The van der Waals surface area contributed by atoms with Gasteiger partial charge in [-0.05, 0) is 107 Å². The molecular weight excluding hydrogens is 488 g/mol. The fourth-order valence-corrected chi connectivity index (χ4v) is 6.85. The Morgan fingerprint density at radius 1 is 0.750 bits per heavy atom. The third-order valence-corrected chi connectivity index (χ3v) is 8.79. The van der Waals surface area contributed by atoms with Crippen LogP contribution < -0.4 is 0 Å². The maximum atomic E-state index is 9.72. The standard InChI is InChI=1S/C37H26N2O/c1-22-16-26(24-9-11-33-29(19-24)28-6-4-5-7-32(28)37(33,2)3)20-31-30-17-23(21-38)8-12-34(30)39(36(22)31)27-10-13-35-25(18-27)14-15-40-35/h4-20H,1-3H3. The third kappa shape index (κ3) is 3.05. The quantitative estimate of drug-likeness (QED) is 0.230. The van der Waals surface area contributed by atoms with Crippen molar-refractivity contribution in [2.45, 2.75) is 26.2 Å². The molecule has 5 aromatic carbocycles. The summed E-state index contributed by atoms with van der Waals surface area (Å²) in [5.41, 5.74) is 13.8. The number of fused-ring (bicyclic) bond motifs is 7. The summed E-state index contributed by atoms with van der Waals surface area (Å²) < 4.78 is 7.92. The van der Waals surface area contributed by atoms with Crippen molar-refractivity contribution in [2.24, 2.45) is 0 Å². The fourth-order valence-electron chi connectivity index (χ4n) is 6.85. The number of aromatic nitrogens is 1. The maximum absolute atomic E-state index is 9.72.